The average molecular weight is 229 g/mol. The first-order chi connectivity index (χ1) is 8.43. The molecular weight excluding hydrogens is 210 g/mol. The van der Waals surface area contributed by atoms with Crippen molar-refractivity contribution < 1.29 is 0 Å². The molecule has 0 N–H and O–H groups in total. The van der Waals surface area contributed by atoms with E-state index in [9.17, 15) is 0 Å². The van der Waals surface area contributed by atoms with Gasteiger partial charge in [-0.2, -0.15) is 0 Å². The summed E-state index contributed by atoms with van der Waals surface area (Å²) in [6.07, 6.45) is 3.18. The Hall–Kier alpha value is -1.06. The molecule has 0 amide bonds. The summed E-state index contributed by atoms with van der Waals surface area (Å²) in [5.74, 6) is 0. The molecule has 1 aromatic rings. The summed E-state index contributed by atoms with van der Waals surface area (Å²) in [4.78, 5) is 7.91. The van der Waals surface area contributed by atoms with E-state index < -0.39 is 0 Å². The second kappa shape index (κ2) is 3.72. The number of anilines is 1. The van der Waals surface area contributed by atoms with Crippen LogP contribution in [0.15, 0.2) is 24.3 Å². The summed E-state index contributed by atoms with van der Waals surface area (Å²) >= 11 is 0. The van der Waals surface area contributed by atoms with Gasteiger partial charge in [-0.15, -0.1) is 0 Å². The maximum atomic E-state index is 2.66. The SMILES string of the molecule is c1ccc2c(c1)CN1CCCN3CCCN2C31. The minimum absolute atomic E-state index is 0.549. The van der Waals surface area contributed by atoms with Crippen molar-refractivity contribution in [3.05, 3.63) is 29.8 Å². The molecule has 4 rings (SSSR count). The van der Waals surface area contributed by atoms with Crippen LogP contribution in [0.5, 0.6) is 0 Å². The highest BCUT2D eigenvalue weighted by atomic mass is 15.5. The van der Waals surface area contributed by atoms with E-state index >= 15 is 0 Å². The van der Waals surface area contributed by atoms with E-state index in [1.807, 2.05) is 0 Å². The molecule has 17 heavy (non-hydrogen) atoms. The van der Waals surface area contributed by atoms with Crippen molar-refractivity contribution in [3.8, 4) is 0 Å². The van der Waals surface area contributed by atoms with Gasteiger partial charge in [0.1, 0.15) is 6.29 Å². The van der Waals surface area contributed by atoms with Crippen LogP contribution in [0.25, 0.3) is 0 Å². The second-order valence-electron chi connectivity index (χ2n) is 5.38. The molecule has 1 aromatic carbocycles. The predicted molar refractivity (Wildman–Crippen MR) is 68.8 cm³/mol. The van der Waals surface area contributed by atoms with E-state index in [4.69, 9.17) is 0 Å². The van der Waals surface area contributed by atoms with Gasteiger partial charge < -0.3 is 4.90 Å². The van der Waals surface area contributed by atoms with Crippen molar-refractivity contribution in [2.45, 2.75) is 25.7 Å². The first-order valence-corrected chi connectivity index (χ1v) is 6.76. The van der Waals surface area contributed by atoms with Crippen molar-refractivity contribution in [2.75, 3.05) is 31.1 Å². The third-order valence-corrected chi connectivity index (χ3v) is 4.34. The van der Waals surface area contributed by atoms with Crippen LogP contribution in [0, 0.1) is 0 Å². The fraction of sp³-hybridized carbons (Fsp3) is 0.571. The minimum Gasteiger partial charge on any atom is -0.343 e. The number of fused-ring (bicyclic) bond motifs is 2. The van der Waals surface area contributed by atoms with Gasteiger partial charge in [-0.1, -0.05) is 18.2 Å². The normalized spacial score (nSPS) is 28.7. The Morgan fingerprint density at radius 3 is 2.59 bits per heavy atom. The Labute approximate surface area is 103 Å². The smallest absolute Gasteiger partial charge is 0.140 e. The molecule has 0 aromatic heterocycles. The third-order valence-electron chi connectivity index (χ3n) is 4.34. The van der Waals surface area contributed by atoms with E-state index in [0.717, 1.165) is 6.54 Å². The molecule has 0 radical (unpaired) electrons. The molecule has 3 heteroatoms. The average Bonchev–Trinajstić information content (AvgIpc) is 2.39. The van der Waals surface area contributed by atoms with Crippen LogP contribution in [0.4, 0.5) is 5.69 Å². The van der Waals surface area contributed by atoms with E-state index in [-0.39, 0.29) is 0 Å². The largest absolute Gasteiger partial charge is 0.343 e. The van der Waals surface area contributed by atoms with Gasteiger partial charge in [0, 0.05) is 38.4 Å². The zero-order valence-corrected chi connectivity index (χ0v) is 10.2. The van der Waals surface area contributed by atoms with E-state index in [2.05, 4.69) is 39.0 Å². The Morgan fingerprint density at radius 1 is 0.882 bits per heavy atom. The molecule has 3 heterocycles. The third kappa shape index (κ3) is 1.42. The number of hydrogen-bond acceptors (Lipinski definition) is 3. The molecule has 90 valence electrons. The maximum absolute atomic E-state index is 2.66. The zero-order chi connectivity index (χ0) is 11.2. The number of para-hydroxylation sites is 1. The van der Waals surface area contributed by atoms with Crippen LogP contribution in [-0.4, -0.2) is 42.3 Å². The van der Waals surface area contributed by atoms with Crippen molar-refractivity contribution in [3.63, 3.8) is 0 Å². The van der Waals surface area contributed by atoms with Crippen molar-refractivity contribution in [2.24, 2.45) is 0 Å². The summed E-state index contributed by atoms with van der Waals surface area (Å²) in [6, 6.07) is 8.94. The van der Waals surface area contributed by atoms with E-state index in [1.54, 1.807) is 0 Å². The molecular formula is C14H19N3. The van der Waals surface area contributed by atoms with Crippen molar-refractivity contribution in [1.82, 2.24) is 9.80 Å². The topological polar surface area (TPSA) is 9.72 Å². The van der Waals surface area contributed by atoms with Gasteiger partial charge in [-0.05, 0) is 24.5 Å². The van der Waals surface area contributed by atoms with Crippen LogP contribution in [0.1, 0.15) is 18.4 Å². The highest BCUT2D eigenvalue weighted by Gasteiger charge is 2.40. The van der Waals surface area contributed by atoms with Gasteiger partial charge in [-0.25, -0.2) is 0 Å². The monoisotopic (exact) mass is 229 g/mol. The van der Waals surface area contributed by atoms with Crippen LogP contribution >= 0.6 is 0 Å². The van der Waals surface area contributed by atoms with Gasteiger partial charge in [0.2, 0.25) is 0 Å². The number of hydrogen-bond donors (Lipinski definition) is 0. The quantitative estimate of drug-likeness (QED) is 0.670. The Kier molecular flexibility index (Phi) is 2.17. The van der Waals surface area contributed by atoms with Gasteiger partial charge in [0.05, 0.1) is 0 Å². The van der Waals surface area contributed by atoms with Crippen LogP contribution in [0.3, 0.4) is 0 Å². The lowest BCUT2D eigenvalue weighted by Crippen LogP contribution is -2.66. The fourth-order valence-electron chi connectivity index (χ4n) is 3.67. The number of benzene rings is 1. The summed E-state index contributed by atoms with van der Waals surface area (Å²) in [6.45, 7) is 6.16. The number of nitrogens with zero attached hydrogens (tertiary/aromatic N) is 3. The molecule has 0 bridgehead atoms. The first kappa shape index (κ1) is 9.92. The molecule has 3 nitrogen and oxygen atoms in total. The first-order valence-electron chi connectivity index (χ1n) is 6.76. The molecule has 3 aliphatic rings. The van der Waals surface area contributed by atoms with E-state index in [1.165, 1.54) is 50.3 Å². The van der Waals surface area contributed by atoms with Crippen LogP contribution < -0.4 is 4.90 Å². The molecule has 0 aliphatic carbocycles. The maximum Gasteiger partial charge on any atom is 0.140 e. The fourth-order valence-corrected chi connectivity index (χ4v) is 3.67. The predicted octanol–water partition coefficient (Wildman–Crippen LogP) is 1.70. The molecule has 3 aliphatic heterocycles. The van der Waals surface area contributed by atoms with Gasteiger partial charge in [0.15, 0.2) is 0 Å². The summed E-state index contributed by atoms with van der Waals surface area (Å²) in [5.41, 5.74) is 2.98. The van der Waals surface area contributed by atoms with Crippen LogP contribution in [0.2, 0.25) is 0 Å². The molecule has 0 saturated carbocycles. The van der Waals surface area contributed by atoms with Gasteiger partial charge >= 0.3 is 0 Å². The lowest BCUT2D eigenvalue weighted by molar-refractivity contribution is -0.0244. The zero-order valence-electron chi connectivity index (χ0n) is 10.2. The minimum atomic E-state index is 0.549. The van der Waals surface area contributed by atoms with Crippen molar-refractivity contribution in [1.29, 1.82) is 0 Å². The van der Waals surface area contributed by atoms with Gasteiger partial charge in [-0.3, -0.25) is 9.80 Å². The molecule has 2 fully saturated rings. The summed E-state index contributed by atoms with van der Waals surface area (Å²) in [5, 5.41) is 0. The lowest BCUT2D eigenvalue weighted by Gasteiger charge is -2.55. The lowest BCUT2D eigenvalue weighted by atomic mass is 10.0. The molecule has 1 atom stereocenters. The van der Waals surface area contributed by atoms with Crippen molar-refractivity contribution >= 4 is 5.69 Å². The standard InChI is InChI=1S/C14H19N3/c1-2-6-13-12(5-1)11-16-9-3-7-15-8-4-10-17(13)14(15)16/h1-2,5-6,14H,3-4,7-11H2. The highest BCUT2D eigenvalue weighted by Crippen LogP contribution is 2.36. The van der Waals surface area contributed by atoms with Crippen LogP contribution in [-0.2, 0) is 6.54 Å². The Bertz CT molecular complexity index is 429. The second-order valence-corrected chi connectivity index (χ2v) is 5.38. The summed E-state index contributed by atoms with van der Waals surface area (Å²) in [7, 11) is 0. The summed E-state index contributed by atoms with van der Waals surface area (Å²) < 4.78 is 0. The highest BCUT2D eigenvalue weighted by molar-refractivity contribution is 5.56. The van der Waals surface area contributed by atoms with E-state index in [0.29, 0.717) is 6.29 Å². The van der Waals surface area contributed by atoms with Gasteiger partial charge in [0.25, 0.3) is 0 Å². The molecule has 0 spiro atoms. The Morgan fingerprint density at radius 2 is 1.65 bits per heavy atom. The number of rotatable bonds is 0. The molecule has 1 unspecified atom stereocenters. The molecule has 2 saturated heterocycles. The Balaban J connectivity index is 1.79.